The molecule has 5 nitrogen and oxygen atoms in total. The van der Waals surface area contributed by atoms with Crippen LogP contribution in [0.4, 0.5) is 5.69 Å². The number of hydrazine groups is 1. The molecule has 1 aliphatic heterocycles. The highest BCUT2D eigenvalue weighted by Gasteiger charge is 2.25. The first-order chi connectivity index (χ1) is 9.04. The average Bonchev–Trinajstić information content (AvgIpc) is 2.39. The topological polar surface area (TPSA) is 50.2 Å². The van der Waals surface area contributed by atoms with Crippen molar-refractivity contribution in [2.24, 2.45) is 0 Å². The summed E-state index contributed by atoms with van der Waals surface area (Å²) in [5.41, 5.74) is 4.00. The van der Waals surface area contributed by atoms with E-state index in [2.05, 4.69) is 45.3 Å². The van der Waals surface area contributed by atoms with E-state index in [0.717, 1.165) is 5.69 Å². The van der Waals surface area contributed by atoms with Gasteiger partial charge in [-0.3, -0.25) is 4.79 Å². The molecule has 1 aromatic heterocycles. The highest BCUT2D eigenvalue weighted by atomic mass is 79.9. The predicted octanol–water partition coefficient (Wildman–Crippen LogP) is 2.62. The second-order valence-corrected chi connectivity index (χ2v) is 5.93. The second-order valence-electron chi connectivity index (χ2n) is 5.14. The Labute approximate surface area is 122 Å². The van der Waals surface area contributed by atoms with Crippen LogP contribution in [-0.4, -0.2) is 26.9 Å². The Morgan fingerprint density at radius 3 is 2.63 bits per heavy atom. The third-order valence-electron chi connectivity index (χ3n) is 3.73. The van der Waals surface area contributed by atoms with Gasteiger partial charge in [-0.1, -0.05) is 6.42 Å². The van der Waals surface area contributed by atoms with E-state index in [1.165, 1.54) is 23.9 Å². The molecule has 0 spiro atoms. The zero-order chi connectivity index (χ0) is 14.0. The largest absolute Gasteiger partial charge is 0.316 e. The van der Waals surface area contributed by atoms with Crippen molar-refractivity contribution in [3.05, 3.63) is 21.0 Å². The summed E-state index contributed by atoms with van der Waals surface area (Å²) >= 11 is 3.38. The lowest BCUT2D eigenvalue weighted by molar-refractivity contribution is 0.135. The number of hydrogen-bond acceptors (Lipinski definition) is 4. The molecular weight excluding hydrogens is 308 g/mol. The number of hydrogen-bond donors (Lipinski definition) is 1. The molecule has 1 aliphatic rings. The van der Waals surface area contributed by atoms with Gasteiger partial charge in [0.15, 0.2) is 0 Å². The maximum atomic E-state index is 12.0. The van der Waals surface area contributed by atoms with Crippen LogP contribution in [0.5, 0.6) is 0 Å². The van der Waals surface area contributed by atoms with E-state index in [1.54, 1.807) is 6.20 Å². The van der Waals surface area contributed by atoms with E-state index >= 15 is 0 Å². The van der Waals surface area contributed by atoms with Gasteiger partial charge in [0, 0.05) is 18.6 Å². The monoisotopic (exact) mass is 328 g/mol. The summed E-state index contributed by atoms with van der Waals surface area (Å²) in [5.74, 6) is 0. The number of nitrogens with one attached hydrogen (secondary N) is 1. The summed E-state index contributed by atoms with van der Waals surface area (Å²) in [6.45, 7) is 6.89. The van der Waals surface area contributed by atoms with E-state index in [9.17, 15) is 4.79 Å². The predicted molar refractivity (Wildman–Crippen MR) is 80.1 cm³/mol. The molecular formula is C13H21BrN4O. The molecule has 19 heavy (non-hydrogen) atoms. The summed E-state index contributed by atoms with van der Waals surface area (Å²) in [6.07, 6.45) is 5.32. The minimum atomic E-state index is -0.0928. The third-order valence-corrected chi connectivity index (χ3v) is 4.49. The van der Waals surface area contributed by atoms with Gasteiger partial charge in [0.1, 0.15) is 4.47 Å². The van der Waals surface area contributed by atoms with Gasteiger partial charge >= 0.3 is 0 Å². The van der Waals surface area contributed by atoms with Crippen molar-refractivity contribution < 1.29 is 0 Å². The molecule has 6 heteroatoms. The fourth-order valence-electron chi connectivity index (χ4n) is 2.55. The van der Waals surface area contributed by atoms with Gasteiger partial charge in [0.25, 0.3) is 5.56 Å². The first kappa shape index (κ1) is 14.5. The smallest absolute Gasteiger partial charge is 0.283 e. The molecule has 1 saturated heterocycles. The Kier molecular flexibility index (Phi) is 4.62. The lowest BCUT2D eigenvalue weighted by Gasteiger charge is -2.39. The van der Waals surface area contributed by atoms with E-state index in [4.69, 9.17) is 0 Å². The van der Waals surface area contributed by atoms with Gasteiger partial charge < -0.3 is 5.43 Å². The summed E-state index contributed by atoms with van der Waals surface area (Å²) in [7, 11) is 0. The number of piperidine rings is 1. The van der Waals surface area contributed by atoms with Crippen LogP contribution in [-0.2, 0) is 6.54 Å². The molecule has 0 aromatic carbocycles. The van der Waals surface area contributed by atoms with Crippen LogP contribution in [0.15, 0.2) is 15.5 Å². The molecule has 0 aliphatic carbocycles. The lowest BCUT2D eigenvalue weighted by Crippen LogP contribution is -2.47. The molecule has 2 heterocycles. The van der Waals surface area contributed by atoms with E-state index in [0.29, 0.717) is 23.1 Å². The van der Waals surface area contributed by atoms with Crippen LogP contribution in [0.3, 0.4) is 0 Å². The Morgan fingerprint density at radius 1 is 1.42 bits per heavy atom. The Hall–Kier alpha value is -0.880. The molecule has 106 valence electrons. The molecule has 2 atom stereocenters. The molecule has 1 fully saturated rings. The summed E-state index contributed by atoms with van der Waals surface area (Å²) in [4.78, 5) is 12.0. The Balaban J connectivity index is 2.23. The molecule has 0 radical (unpaired) electrons. The van der Waals surface area contributed by atoms with E-state index < -0.39 is 0 Å². The molecule has 0 saturated carbocycles. The normalized spacial score (nSPS) is 24.4. The van der Waals surface area contributed by atoms with Crippen molar-refractivity contribution in [1.29, 1.82) is 0 Å². The van der Waals surface area contributed by atoms with Gasteiger partial charge in [-0.25, -0.2) is 9.69 Å². The number of aromatic nitrogens is 2. The minimum Gasteiger partial charge on any atom is -0.316 e. The van der Waals surface area contributed by atoms with Crippen molar-refractivity contribution in [2.45, 2.75) is 58.7 Å². The summed E-state index contributed by atoms with van der Waals surface area (Å²) in [6, 6.07) is 0.925. The van der Waals surface area contributed by atoms with Crippen LogP contribution in [0, 0.1) is 0 Å². The zero-order valence-electron chi connectivity index (χ0n) is 11.7. The van der Waals surface area contributed by atoms with Gasteiger partial charge in [-0.15, -0.1) is 0 Å². The van der Waals surface area contributed by atoms with Crippen molar-refractivity contribution in [3.63, 3.8) is 0 Å². The standard InChI is InChI=1S/C13H21BrN4O/c1-4-17-13(19)12(14)11(8-15-17)16-18-9(2)6-5-7-10(18)3/h8-10,16H,4-7H2,1-3H3. The van der Waals surface area contributed by atoms with Crippen molar-refractivity contribution in [1.82, 2.24) is 14.8 Å². The Bertz CT molecular complexity index is 492. The zero-order valence-corrected chi connectivity index (χ0v) is 13.3. The number of halogens is 1. The molecule has 1 N–H and O–H groups in total. The van der Waals surface area contributed by atoms with Crippen LogP contribution in [0.1, 0.15) is 40.0 Å². The van der Waals surface area contributed by atoms with Crippen molar-refractivity contribution >= 4 is 21.6 Å². The first-order valence-electron chi connectivity index (χ1n) is 6.85. The Morgan fingerprint density at radius 2 is 2.05 bits per heavy atom. The maximum absolute atomic E-state index is 12.0. The molecule has 2 unspecified atom stereocenters. The highest BCUT2D eigenvalue weighted by molar-refractivity contribution is 9.10. The van der Waals surface area contributed by atoms with Crippen molar-refractivity contribution in [2.75, 3.05) is 5.43 Å². The first-order valence-corrected chi connectivity index (χ1v) is 7.64. The van der Waals surface area contributed by atoms with Crippen LogP contribution in [0.2, 0.25) is 0 Å². The molecule has 0 bridgehead atoms. The van der Waals surface area contributed by atoms with Gasteiger partial charge in [-0.05, 0) is 49.5 Å². The average molecular weight is 329 g/mol. The molecule has 2 rings (SSSR count). The number of anilines is 1. The second kappa shape index (κ2) is 6.05. The van der Waals surface area contributed by atoms with Crippen molar-refractivity contribution in [3.8, 4) is 0 Å². The summed E-state index contributed by atoms with van der Waals surface area (Å²) < 4.78 is 1.99. The third kappa shape index (κ3) is 3.00. The summed E-state index contributed by atoms with van der Waals surface area (Å²) in [5, 5.41) is 6.38. The minimum absolute atomic E-state index is 0.0928. The van der Waals surface area contributed by atoms with E-state index in [-0.39, 0.29) is 5.56 Å². The van der Waals surface area contributed by atoms with Gasteiger partial charge in [0.2, 0.25) is 0 Å². The van der Waals surface area contributed by atoms with Gasteiger partial charge in [-0.2, -0.15) is 5.10 Å². The van der Waals surface area contributed by atoms with Crippen LogP contribution >= 0.6 is 15.9 Å². The highest BCUT2D eigenvalue weighted by Crippen LogP contribution is 2.25. The fraction of sp³-hybridized carbons (Fsp3) is 0.692. The number of aryl methyl sites for hydroxylation is 1. The SMILES string of the molecule is CCn1ncc(NN2C(C)CCCC2C)c(Br)c1=O. The quantitative estimate of drug-likeness (QED) is 0.926. The number of nitrogens with zero attached hydrogens (tertiary/aromatic N) is 3. The maximum Gasteiger partial charge on any atom is 0.283 e. The fourth-order valence-corrected chi connectivity index (χ4v) is 2.94. The number of rotatable bonds is 3. The molecule has 0 amide bonds. The van der Waals surface area contributed by atoms with Crippen LogP contribution < -0.4 is 11.0 Å². The van der Waals surface area contributed by atoms with Crippen LogP contribution in [0.25, 0.3) is 0 Å². The van der Waals surface area contributed by atoms with Gasteiger partial charge in [0.05, 0.1) is 11.9 Å². The molecule has 1 aromatic rings. The van der Waals surface area contributed by atoms with E-state index in [1.807, 2.05) is 6.92 Å². The lowest BCUT2D eigenvalue weighted by atomic mass is 10.00.